The first-order valence-electron chi connectivity index (χ1n) is 9.26. The molecule has 0 aromatic carbocycles. The summed E-state index contributed by atoms with van der Waals surface area (Å²) in [6, 6.07) is 5.48. The van der Waals surface area contributed by atoms with Crippen molar-refractivity contribution in [1.82, 2.24) is 14.9 Å². The summed E-state index contributed by atoms with van der Waals surface area (Å²) < 4.78 is 26.4. The summed E-state index contributed by atoms with van der Waals surface area (Å²) in [7, 11) is 0. The van der Waals surface area contributed by atoms with Crippen molar-refractivity contribution in [3.63, 3.8) is 0 Å². The SMILES string of the molecule is CC(C)N(C=N)C(=N)c1cccc(NC(=O)C(C=Nc2cncc(O)c2)=C(N)C(F)F)n1. The minimum atomic E-state index is -3.12. The standard InChI is InChI=1S/C20H22F2N8O2/c1-11(2)30(10-23)19(25)15-4-3-5-16(28-15)29-20(32)14(17(24)18(21)22)9-27-12-6-13(31)8-26-7-12/h3-11,18,23,25,31H,24H2,1-2H3,(H,28,29,32). The van der Waals surface area contributed by atoms with Gasteiger partial charge in [0, 0.05) is 18.3 Å². The summed E-state index contributed by atoms with van der Waals surface area (Å²) in [5.74, 6) is -1.28. The van der Waals surface area contributed by atoms with E-state index in [1.54, 1.807) is 13.8 Å². The van der Waals surface area contributed by atoms with Gasteiger partial charge in [-0.1, -0.05) is 6.07 Å². The molecule has 32 heavy (non-hydrogen) atoms. The van der Waals surface area contributed by atoms with E-state index in [0.717, 1.165) is 18.7 Å². The Balaban J connectivity index is 2.31. The van der Waals surface area contributed by atoms with Gasteiger partial charge >= 0.3 is 0 Å². The molecule has 0 fully saturated rings. The second-order valence-corrected chi connectivity index (χ2v) is 6.67. The minimum Gasteiger partial charge on any atom is -0.506 e. The zero-order valence-electron chi connectivity index (χ0n) is 17.3. The zero-order valence-corrected chi connectivity index (χ0v) is 17.3. The Kier molecular flexibility index (Phi) is 8.04. The van der Waals surface area contributed by atoms with Crippen molar-refractivity contribution in [2.24, 2.45) is 10.7 Å². The summed E-state index contributed by atoms with van der Waals surface area (Å²) in [6.07, 6.45) is 1.12. The van der Waals surface area contributed by atoms with E-state index < -0.39 is 23.6 Å². The number of rotatable bonds is 8. The lowest BCUT2D eigenvalue weighted by atomic mass is 10.2. The van der Waals surface area contributed by atoms with Crippen molar-refractivity contribution in [1.29, 1.82) is 10.8 Å². The van der Waals surface area contributed by atoms with Gasteiger partial charge < -0.3 is 21.1 Å². The largest absolute Gasteiger partial charge is 0.506 e. The molecule has 0 bridgehead atoms. The third-order valence-corrected chi connectivity index (χ3v) is 4.03. The van der Waals surface area contributed by atoms with E-state index >= 15 is 0 Å². The molecule has 0 aliphatic rings. The number of amides is 1. The van der Waals surface area contributed by atoms with E-state index in [9.17, 15) is 18.7 Å². The molecule has 12 heteroatoms. The number of aliphatic imine (C=N–C) groups is 1. The van der Waals surface area contributed by atoms with Gasteiger partial charge in [-0.3, -0.25) is 25.6 Å². The Morgan fingerprint density at radius 3 is 2.66 bits per heavy atom. The van der Waals surface area contributed by atoms with Crippen LogP contribution in [0, 0.1) is 10.8 Å². The highest BCUT2D eigenvalue weighted by atomic mass is 19.3. The average molecular weight is 444 g/mol. The van der Waals surface area contributed by atoms with E-state index in [-0.39, 0.29) is 34.8 Å². The molecule has 10 nitrogen and oxygen atoms in total. The van der Waals surface area contributed by atoms with E-state index in [2.05, 4.69) is 20.3 Å². The third-order valence-electron chi connectivity index (χ3n) is 4.03. The van der Waals surface area contributed by atoms with Crippen LogP contribution in [0.3, 0.4) is 0 Å². The van der Waals surface area contributed by atoms with Crippen molar-refractivity contribution in [3.8, 4) is 5.75 Å². The maximum absolute atomic E-state index is 13.2. The van der Waals surface area contributed by atoms with E-state index in [4.69, 9.17) is 16.6 Å². The van der Waals surface area contributed by atoms with Crippen molar-refractivity contribution in [2.75, 3.05) is 5.32 Å². The molecule has 0 aliphatic heterocycles. The second-order valence-electron chi connectivity index (χ2n) is 6.67. The maximum Gasteiger partial charge on any atom is 0.278 e. The summed E-state index contributed by atoms with van der Waals surface area (Å²) in [6.45, 7) is 3.58. The predicted octanol–water partition coefficient (Wildman–Crippen LogP) is 2.64. The Bertz CT molecular complexity index is 1070. The van der Waals surface area contributed by atoms with Crippen LogP contribution < -0.4 is 11.1 Å². The zero-order chi connectivity index (χ0) is 23.8. The molecule has 0 radical (unpaired) electrons. The fraction of sp³-hybridized carbons (Fsp3) is 0.200. The van der Waals surface area contributed by atoms with Crippen LogP contribution in [0.5, 0.6) is 5.75 Å². The molecule has 0 saturated heterocycles. The number of hydrogen-bond donors (Lipinski definition) is 5. The molecule has 2 rings (SSSR count). The Hall–Kier alpha value is -4.22. The lowest BCUT2D eigenvalue weighted by Gasteiger charge is -2.23. The molecule has 2 aromatic heterocycles. The number of hydrogen-bond acceptors (Lipinski definition) is 8. The monoisotopic (exact) mass is 444 g/mol. The quantitative estimate of drug-likeness (QED) is 0.239. The van der Waals surface area contributed by atoms with Crippen molar-refractivity contribution in [3.05, 3.63) is 53.6 Å². The third kappa shape index (κ3) is 6.14. The number of allylic oxidation sites excluding steroid dienone is 1. The van der Waals surface area contributed by atoms with Gasteiger partial charge in [0.2, 0.25) is 0 Å². The molecule has 2 aromatic rings. The number of pyridine rings is 2. The molecule has 2 heterocycles. The summed E-state index contributed by atoms with van der Waals surface area (Å²) in [4.78, 5) is 25.7. The molecule has 0 atom stereocenters. The molecule has 0 unspecified atom stereocenters. The first-order valence-corrected chi connectivity index (χ1v) is 9.26. The Morgan fingerprint density at radius 2 is 2.06 bits per heavy atom. The lowest BCUT2D eigenvalue weighted by Crippen LogP contribution is -2.36. The number of aromatic nitrogens is 2. The Labute approximate surface area is 182 Å². The summed E-state index contributed by atoms with van der Waals surface area (Å²) in [5, 5.41) is 27.4. The normalized spacial score (nSPS) is 12.1. The number of carbonyl (C=O) groups is 1. The molecule has 1 amide bonds. The van der Waals surface area contributed by atoms with Crippen molar-refractivity contribution in [2.45, 2.75) is 26.3 Å². The van der Waals surface area contributed by atoms with E-state index in [0.29, 0.717) is 0 Å². The number of aromatic hydroxyl groups is 1. The summed E-state index contributed by atoms with van der Waals surface area (Å²) in [5.41, 5.74) is 4.08. The number of amidine groups is 1. The fourth-order valence-electron chi connectivity index (χ4n) is 2.43. The van der Waals surface area contributed by atoms with Crippen LogP contribution in [0.2, 0.25) is 0 Å². The van der Waals surface area contributed by atoms with Gasteiger partial charge in [0.05, 0.1) is 35.7 Å². The minimum absolute atomic E-state index is 0.0158. The number of carbonyl (C=O) groups excluding carboxylic acids is 1. The number of halogens is 2. The highest BCUT2D eigenvalue weighted by Gasteiger charge is 2.20. The van der Waals surface area contributed by atoms with Gasteiger partial charge in [-0.05, 0) is 26.0 Å². The molecule has 168 valence electrons. The first-order chi connectivity index (χ1) is 15.1. The maximum atomic E-state index is 13.2. The van der Waals surface area contributed by atoms with Crippen LogP contribution in [-0.2, 0) is 4.79 Å². The van der Waals surface area contributed by atoms with Gasteiger partial charge in [-0.15, -0.1) is 0 Å². The van der Waals surface area contributed by atoms with Gasteiger partial charge in [-0.2, -0.15) is 0 Å². The van der Waals surface area contributed by atoms with Gasteiger partial charge in [0.15, 0.2) is 5.84 Å². The predicted molar refractivity (Wildman–Crippen MR) is 117 cm³/mol. The van der Waals surface area contributed by atoms with Crippen LogP contribution in [0.15, 0.2) is 52.9 Å². The van der Waals surface area contributed by atoms with E-state index in [1.807, 2.05) is 0 Å². The molecular weight excluding hydrogens is 422 g/mol. The number of nitrogens with two attached hydrogens (primary N) is 1. The van der Waals surface area contributed by atoms with Crippen LogP contribution in [0.1, 0.15) is 19.5 Å². The van der Waals surface area contributed by atoms with Crippen LogP contribution in [0.25, 0.3) is 0 Å². The fourth-order valence-corrected chi connectivity index (χ4v) is 2.43. The van der Waals surface area contributed by atoms with Gasteiger partial charge in [0.25, 0.3) is 12.3 Å². The molecule has 0 saturated carbocycles. The smallest absolute Gasteiger partial charge is 0.278 e. The lowest BCUT2D eigenvalue weighted by molar-refractivity contribution is -0.112. The highest BCUT2D eigenvalue weighted by Crippen LogP contribution is 2.18. The number of anilines is 1. The van der Waals surface area contributed by atoms with Crippen molar-refractivity contribution >= 4 is 35.8 Å². The molecular formula is C20H22F2N8O2. The molecule has 0 aliphatic carbocycles. The topological polar surface area (TPSA) is 164 Å². The van der Waals surface area contributed by atoms with E-state index in [1.165, 1.54) is 35.4 Å². The van der Waals surface area contributed by atoms with Gasteiger partial charge in [0.1, 0.15) is 17.3 Å². The Morgan fingerprint density at radius 1 is 1.34 bits per heavy atom. The number of nitrogens with one attached hydrogen (secondary N) is 3. The van der Waals surface area contributed by atoms with Gasteiger partial charge in [-0.25, -0.2) is 13.8 Å². The number of alkyl halides is 2. The second kappa shape index (κ2) is 10.7. The average Bonchev–Trinajstić information content (AvgIpc) is 2.74. The highest BCUT2D eigenvalue weighted by molar-refractivity contribution is 6.18. The van der Waals surface area contributed by atoms with Crippen LogP contribution >= 0.6 is 0 Å². The molecule has 0 spiro atoms. The van der Waals surface area contributed by atoms with Crippen LogP contribution in [-0.4, -0.2) is 56.7 Å². The summed E-state index contributed by atoms with van der Waals surface area (Å²) >= 11 is 0. The van der Waals surface area contributed by atoms with Crippen LogP contribution in [0.4, 0.5) is 20.3 Å². The number of nitrogens with zero attached hydrogens (tertiary/aromatic N) is 4. The van der Waals surface area contributed by atoms with Crippen molar-refractivity contribution < 1.29 is 18.7 Å². The molecule has 6 N–H and O–H groups in total. The first kappa shape index (κ1) is 24.1.